The molecule has 0 heterocycles. The Morgan fingerprint density at radius 1 is 1.18 bits per heavy atom. The molecule has 0 radical (unpaired) electrons. The third-order valence-corrected chi connectivity index (χ3v) is 2.49. The smallest absolute Gasteiger partial charge is 0.123 e. The summed E-state index contributed by atoms with van der Waals surface area (Å²) in [7, 11) is 0. The monoisotopic (exact) mass is 231 g/mol. The van der Waals surface area contributed by atoms with E-state index in [1.807, 2.05) is 31.2 Å². The average Bonchev–Trinajstić information content (AvgIpc) is 2.30. The van der Waals surface area contributed by atoms with Crippen LogP contribution in [-0.4, -0.2) is 0 Å². The number of nitrogen functional groups attached to an aromatic ring is 1. The minimum Gasteiger partial charge on any atom is -0.489 e. The van der Waals surface area contributed by atoms with Crippen molar-refractivity contribution >= 4 is 5.69 Å². The molecular weight excluding hydrogens is 217 g/mol. The van der Waals surface area contributed by atoms with Gasteiger partial charge >= 0.3 is 0 Å². The molecule has 0 saturated heterocycles. The van der Waals surface area contributed by atoms with Crippen LogP contribution in [0.4, 0.5) is 10.1 Å². The molecule has 2 N–H and O–H groups in total. The minimum absolute atomic E-state index is 0.271. The SMILES string of the molecule is Cc1cccc(OCc2cc(F)ccc2N)c1. The maximum absolute atomic E-state index is 13.0. The van der Waals surface area contributed by atoms with E-state index in [2.05, 4.69) is 0 Å². The molecule has 0 saturated carbocycles. The lowest BCUT2D eigenvalue weighted by molar-refractivity contribution is 0.306. The Morgan fingerprint density at radius 2 is 2.00 bits per heavy atom. The van der Waals surface area contributed by atoms with Crippen molar-refractivity contribution in [2.45, 2.75) is 13.5 Å². The molecule has 3 heteroatoms. The van der Waals surface area contributed by atoms with Crippen molar-refractivity contribution in [2.24, 2.45) is 0 Å². The van der Waals surface area contributed by atoms with Crippen molar-refractivity contribution in [1.29, 1.82) is 0 Å². The zero-order valence-electron chi connectivity index (χ0n) is 9.61. The highest BCUT2D eigenvalue weighted by Gasteiger charge is 2.02. The summed E-state index contributed by atoms with van der Waals surface area (Å²) in [6.45, 7) is 2.26. The summed E-state index contributed by atoms with van der Waals surface area (Å²) in [6.07, 6.45) is 0. The molecule has 0 spiro atoms. The Kier molecular flexibility index (Phi) is 3.28. The van der Waals surface area contributed by atoms with Gasteiger partial charge in [-0.1, -0.05) is 12.1 Å². The molecule has 2 nitrogen and oxygen atoms in total. The standard InChI is InChI=1S/C14H14FNO/c1-10-3-2-4-13(7-10)17-9-11-8-12(15)5-6-14(11)16/h2-8H,9,16H2,1H3. The first-order valence-electron chi connectivity index (χ1n) is 5.38. The first-order valence-corrected chi connectivity index (χ1v) is 5.38. The lowest BCUT2D eigenvalue weighted by Gasteiger charge is -2.09. The van der Waals surface area contributed by atoms with Gasteiger partial charge in [-0.05, 0) is 42.8 Å². The number of hydrogen-bond donors (Lipinski definition) is 1. The van der Waals surface area contributed by atoms with Gasteiger partial charge in [0.2, 0.25) is 0 Å². The number of ether oxygens (including phenoxy) is 1. The maximum atomic E-state index is 13.0. The van der Waals surface area contributed by atoms with Crippen LogP contribution in [0, 0.1) is 12.7 Å². The van der Waals surface area contributed by atoms with Crippen molar-refractivity contribution < 1.29 is 9.13 Å². The van der Waals surface area contributed by atoms with E-state index < -0.39 is 0 Å². The van der Waals surface area contributed by atoms with Crippen LogP contribution in [0.15, 0.2) is 42.5 Å². The summed E-state index contributed by atoms with van der Waals surface area (Å²) in [5.41, 5.74) is 8.06. The van der Waals surface area contributed by atoms with E-state index in [-0.39, 0.29) is 12.4 Å². The third kappa shape index (κ3) is 2.97. The second-order valence-electron chi connectivity index (χ2n) is 3.95. The van der Waals surface area contributed by atoms with Crippen LogP contribution in [-0.2, 0) is 6.61 Å². The minimum atomic E-state index is -0.304. The van der Waals surface area contributed by atoms with Crippen molar-refractivity contribution in [3.05, 3.63) is 59.4 Å². The summed E-state index contributed by atoms with van der Waals surface area (Å²) in [4.78, 5) is 0. The Bertz CT molecular complexity index is 525. The Balaban J connectivity index is 2.09. The van der Waals surface area contributed by atoms with Crippen molar-refractivity contribution in [2.75, 3.05) is 5.73 Å². The normalized spacial score (nSPS) is 10.2. The summed E-state index contributed by atoms with van der Waals surface area (Å²) < 4.78 is 18.6. The number of benzene rings is 2. The molecule has 0 aliphatic rings. The van der Waals surface area contributed by atoms with Crippen LogP contribution in [0.2, 0.25) is 0 Å². The third-order valence-electron chi connectivity index (χ3n) is 2.49. The lowest BCUT2D eigenvalue weighted by Crippen LogP contribution is -2.00. The van der Waals surface area contributed by atoms with E-state index in [0.717, 1.165) is 11.3 Å². The van der Waals surface area contributed by atoms with E-state index in [4.69, 9.17) is 10.5 Å². The zero-order valence-corrected chi connectivity index (χ0v) is 9.61. The van der Waals surface area contributed by atoms with Gasteiger partial charge in [-0.3, -0.25) is 0 Å². The van der Waals surface area contributed by atoms with Gasteiger partial charge in [0.25, 0.3) is 0 Å². The summed E-state index contributed by atoms with van der Waals surface area (Å²) >= 11 is 0. The topological polar surface area (TPSA) is 35.2 Å². The number of rotatable bonds is 3. The van der Waals surface area contributed by atoms with Gasteiger partial charge in [0.15, 0.2) is 0 Å². The van der Waals surface area contributed by atoms with Crippen LogP contribution in [0.25, 0.3) is 0 Å². The van der Waals surface area contributed by atoms with E-state index in [1.54, 1.807) is 6.07 Å². The molecule has 0 amide bonds. The first-order chi connectivity index (χ1) is 8.15. The van der Waals surface area contributed by atoms with Crippen LogP contribution in [0.1, 0.15) is 11.1 Å². The Hall–Kier alpha value is -2.03. The molecule has 0 atom stereocenters. The highest BCUT2D eigenvalue weighted by molar-refractivity contribution is 5.46. The number of aryl methyl sites for hydroxylation is 1. The van der Waals surface area contributed by atoms with Crippen LogP contribution < -0.4 is 10.5 Å². The van der Waals surface area contributed by atoms with Crippen molar-refractivity contribution in [3.63, 3.8) is 0 Å². The van der Waals surface area contributed by atoms with Gasteiger partial charge in [-0.15, -0.1) is 0 Å². The molecule has 0 bridgehead atoms. The molecule has 0 unspecified atom stereocenters. The molecule has 2 aromatic rings. The molecule has 2 aromatic carbocycles. The van der Waals surface area contributed by atoms with Gasteiger partial charge in [-0.2, -0.15) is 0 Å². The molecule has 0 aliphatic carbocycles. The quantitative estimate of drug-likeness (QED) is 0.822. The first kappa shape index (κ1) is 11.5. The zero-order chi connectivity index (χ0) is 12.3. The number of anilines is 1. The van der Waals surface area contributed by atoms with Gasteiger partial charge in [0.05, 0.1) is 0 Å². The summed E-state index contributed by atoms with van der Waals surface area (Å²) in [5, 5.41) is 0. The highest BCUT2D eigenvalue weighted by Crippen LogP contribution is 2.18. The molecule has 0 fully saturated rings. The molecule has 17 heavy (non-hydrogen) atoms. The van der Waals surface area contributed by atoms with Gasteiger partial charge in [0.1, 0.15) is 18.2 Å². The molecule has 0 aromatic heterocycles. The lowest BCUT2D eigenvalue weighted by atomic mass is 10.2. The van der Waals surface area contributed by atoms with E-state index in [9.17, 15) is 4.39 Å². The fourth-order valence-corrected chi connectivity index (χ4v) is 1.57. The van der Waals surface area contributed by atoms with E-state index >= 15 is 0 Å². The van der Waals surface area contributed by atoms with Crippen LogP contribution in [0.5, 0.6) is 5.75 Å². The van der Waals surface area contributed by atoms with Crippen molar-refractivity contribution in [1.82, 2.24) is 0 Å². The van der Waals surface area contributed by atoms with Crippen LogP contribution >= 0.6 is 0 Å². The molecule has 2 rings (SSSR count). The van der Waals surface area contributed by atoms with Gasteiger partial charge in [-0.25, -0.2) is 4.39 Å². The largest absolute Gasteiger partial charge is 0.489 e. The average molecular weight is 231 g/mol. The van der Waals surface area contributed by atoms with Crippen LogP contribution in [0.3, 0.4) is 0 Å². The molecule has 88 valence electrons. The summed E-state index contributed by atoms with van der Waals surface area (Å²) in [6, 6.07) is 12.0. The van der Waals surface area contributed by atoms with Gasteiger partial charge in [0, 0.05) is 11.3 Å². The predicted molar refractivity (Wildman–Crippen MR) is 66.3 cm³/mol. The summed E-state index contributed by atoms with van der Waals surface area (Å²) in [5.74, 6) is 0.454. The second kappa shape index (κ2) is 4.87. The predicted octanol–water partition coefficient (Wildman–Crippen LogP) is 3.30. The molecular formula is C14H14FNO. The number of hydrogen-bond acceptors (Lipinski definition) is 2. The fourth-order valence-electron chi connectivity index (χ4n) is 1.57. The Morgan fingerprint density at radius 3 is 2.76 bits per heavy atom. The molecule has 0 aliphatic heterocycles. The van der Waals surface area contributed by atoms with Crippen molar-refractivity contribution in [3.8, 4) is 5.75 Å². The fraction of sp³-hybridized carbons (Fsp3) is 0.143. The van der Waals surface area contributed by atoms with E-state index in [0.29, 0.717) is 11.3 Å². The highest BCUT2D eigenvalue weighted by atomic mass is 19.1. The van der Waals surface area contributed by atoms with Gasteiger partial charge < -0.3 is 10.5 Å². The Labute approximate surface area is 99.8 Å². The maximum Gasteiger partial charge on any atom is 0.123 e. The number of nitrogens with two attached hydrogens (primary N) is 1. The van der Waals surface area contributed by atoms with E-state index in [1.165, 1.54) is 12.1 Å². The second-order valence-corrected chi connectivity index (χ2v) is 3.95. The number of halogens is 1.